The molecule has 0 unspecified atom stereocenters. The minimum Gasteiger partial charge on any atom is -0.661 e. The topological polar surface area (TPSA) is 32.6 Å². The van der Waals surface area contributed by atoms with E-state index in [0.717, 1.165) is 0 Å². The van der Waals surface area contributed by atoms with Crippen LogP contribution in [0.4, 0.5) is 0 Å². The molecule has 0 saturated carbocycles. The standard InChI is InChI=1S/C7H16NO2/c1-4-9-7(6-8-3)10-5-2/h7H,4-6H2,1-3H3/q-1. The van der Waals surface area contributed by atoms with Gasteiger partial charge in [0.1, 0.15) is 6.29 Å². The number of likely N-dealkylation sites (N-methyl/N-ethyl adjacent to an activating group) is 1. The summed E-state index contributed by atoms with van der Waals surface area (Å²) in [7, 11) is 1.76. The number of hydrogen-bond acceptors (Lipinski definition) is 2. The maximum atomic E-state index is 5.21. The Morgan fingerprint density at radius 2 is 1.70 bits per heavy atom. The average Bonchev–Trinajstić information content (AvgIpc) is 1.90. The molecule has 0 heterocycles. The van der Waals surface area contributed by atoms with Gasteiger partial charge in [-0.25, -0.2) is 0 Å². The molecule has 0 radical (unpaired) electrons. The Bertz CT molecular complexity index is 54.4. The summed E-state index contributed by atoms with van der Waals surface area (Å²) in [4.78, 5) is 0. The molecule has 0 rings (SSSR count). The fourth-order valence-electron chi connectivity index (χ4n) is 0.674. The minimum absolute atomic E-state index is 0.139. The molecule has 62 valence electrons. The zero-order valence-corrected chi connectivity index (χ0v) is 6.96. The highest BCUT2D eigenvalue weighted by Crippen LogP contribution is 1.97. The molecule has 3 nitrogen and oxygen atoms in total. The molecule has 0 amide bonds. The Hall–Kier alpha value is -0.120. The Morgan fingerprint density at radius 3 is 2.00 bits per heavy atom. The van der Waals surface area contributed by atoms with E-state index in [4.69, 9.17) is 9.47 Å². The van der Waals surface area contributed by atoms with Crippen molar-refractivity contribution in [2.24, 2.45) is 0 Å². The molecular weight excluding hydrogens is 130 g/mol. The molecule has 0 aromatic carbocycles. The zero-order valence-electron chi connectivity index (χ0n) is 6.96. The summed E-state index contributed by atoms with van der Waals surface area (Å²) in [6, 6.07) is 0. The molecule has 0 aliphatic rings. The molecule has 10 heavy (non-hydrogen) atoms. The molecular formula is C7H16NO2-. The quantitative estimate of drug-likeness (QED) is 0.530. The molecule has 0 aromatic heterocycles. The summed E-state index contributed by atoms with van der Waals surface area (Å²) in [6.45, 7) is 5.88. The second-order valence-electron chi connectivity index (χ2n) is 1.84. The minimum atomic E-state index is -0.139. The second-order valence-corrected chi connectivity index (χ2v) is 1.84. The van der Waals surface area contributed by atoms with Crippen molar-refractivity contribution in [1.29, 1.82) is 0 Å². The van der Waals surface area contributed by atoms with E-state index in [9.17, 15) is 0 Å². The first kappa shape index (κ1) is 9.88. The van der Waals surface area contributed by atoms with Crippen LogP contribution in [-0.4, -0.2) is 33.1 Å². The number of nitrogens with zero attached hydrogens (tertiary/aromatic N) is 1. The van der Waals surface area contributed by atoms with E-state index in [1.165, 1.54) is 0 Å². The highest BCUT2D eigenvalue weighted by Gasteiger charge is 1.98. The first-order valence-electron chi connectivity index (χ1n) is 3.63. The molecule has 0 saturated heterocycles. The van der Waals surface area contributed by atoms with Gasteiger partial charge >= 0.3 is 0 Å². The van der Waals surface area contributed by atoms with Crippen LogP contribution in [0.3, 0.4) is 0 Å². The van der Waals surface area contributed by atoms with E-state index in [1.807, 2.05) is 13.8 Å². The lowest BCUT2D eigenvalue weighted by Crippen LogP contribution is -2.20. The van der Waals surface area contributed by atoms with E-state index in [0.29, 0.717) is 19.8 Å². The van der Waals surface area contributed by atoms with Crippen LogP contribution in [0.1, 0.15) is 13.8 Å². The fourth-order valence-corrected chi connectivity index (χ4v) is 0.674. The van der Waals surface area contributed by atoms with Gasteiger partial charge in [-0.15, -0.1) is 0 Å². The molecule has 0 N–H and O–H groups in total. The van der Waals surface area contributed by atoms with Gasteiger partial charge in [-0.1, -0.05) is 6.54 Å². The van der Waals surface area contributed by atoms with E-state index in [-0.39, 0.29) is 6.29 Å². The largest absolute Gasteiger partial charge is 0.661 e. The van der Waals surface area contributed by atoms with Gasteiger partial charge in [-0.2, -0.15) is 7.05 Å². The van der Waals surface area contributed by atoms with E-state index in [2.05, 4.69) is 5.32 Å². The monoisotopic (exact) mass is 146 g/mol. The Balaban J connectivity index is 3.30. The summed E-state index contributed by atoms with van der Waals surface area (Å²) in [5.74, 6) is 0. The van der Waals surface area contributed by atoms with Crippen LogP contribution in [0.25, 0.3) is 5.32 Å². The third-order valence-electron chi connectivity index (χ3n) is 1.04. The molecule has 3 heteroatoms. The molecule has 0 spiro atoms. The van der Waals surface area contributed by atoms with Crippen molar-refractivity contribution < 1.29 is 9.47 Å². The Morgan fingerprint density at radius 1 is 1.20 bits per heavy atom. The predicted octanol–water partition coefficient (Wildman–Crippen LogP) is 1.39. The lowest BCUT2D eigenvalue weighted by molar-refractivity contribution is -0.125. The molecule has 0 fully saturated rings. The van der Waals surface area contributed by atoms with Gasteiger partial charge in [0.2, 0.25) is 0 Å². The van der Waals surface area contributed by atoms with Crippen LogP contribution in [0.15, 0.2) is 0 Å². The van der Waals surface area contributed by atoms with E-state index < -0.39 is 0 Å². The van der Waals surface area contributed by atoms with Crippen LogP contribution >= 0.6 is 0 Å². The van der Waals surface area contributed by atoms with Crippen LogP contribution in [0.5, 0.6) is 0 Å². The van der Waals surface area contributed by atoms with Gasteiger partial charge in [0, 0.05) is 13.2 Å². The van der Waals surface area contributed by atoms with Crippen LogP contribution in [-0.2, 0) is 9.47 Å². The molecule has 0 aliphatic carbocycles. The summed E-state index contributed by atoms with van der Waals surface area (Å²) in [5.41, 5.74) is 0. The smallest absolute Gasteiger partial charge is 0.139 e. The fraction of sp³-hybridized carbons (Fsp3) is 1.00. The number of hydrogen-bond donors (Lipinski definition) is 0. The normalized spacial score (nSPS) is 10.8. The van der Waals surface area contributed by atoms with E-state index >= 15 is 0 Å². The highest BCUT2D eigenvalue weighted by molar-refractivity contribution is 4.71. The highest BCUT2D eigenvalue weighted by atomic mass is 16.7. The second kappa shape index (κ2) is 6.99. The van der Waals surface area contributed by atoms with Crippen molar-refractivity contribution in [1.82, 2.24) is 0 Å². The molecule has 0 bridgehead atoms. The summed E-state index contributed by atoms with van der Waals surface area (Å²) < 4.78 is 10.4. The van der Waals surface area contributed by atoms with Crippen molar-refractivity contribution in [2.75, 3.05) is 26.8 Å². The first-order valence-corrected chi connectivity index (χ1v) is 3.63. The SMILES string of the molecule is CCOC(C[N-]C)OCC. The van der Waals surface area contributed by atoms with Gasteiger partial charge in [-0.3, -0.25) is 0 Å². The van der Waals surface area contributed by atoms with Crippen molar-refractivity contribution in [3.8, 4) is 0 Å². The van der Waals surface area contributed by atoms with Gasteiger partial charge in [0.25, 0.3) is 0 Å². The molecule has 0 aliphatic heterocycles. The molecule has 0 aromatic rings. The summed E-state index contributed by atoms with van der Waals surface area (Å²) in [6.07, 6.45) is -0.139. The van der Waals surface area contributed by atoms with Crippen molar-refractivity contribution in [3.05, 3.63) is 5.32 Å². The lowest BCUT2D eigenvalue weighted by atomic mass is 10.6. The van der Waals surface area contributed by atoms with Crippen molar-refractivity contribution in [3.63, 3.8) is 0 Å². The third kappa shape index (κ3) is 4.73. The Kier molecular flexibility index (Phi) is 6.91. The Labute approximate surface area is 62.7 Å². The zero-order chi connectivity index (χ0) is 7.82. The number of rotatable bonds is 6. The first-order chi connectivity index (χ1) is 4.85. The van der Waals surface area contributed by atoms with Gasteiger partial charge in [0.05, 0.1) is 0 Å². The third-order valence-corrected chi connectivity index (χ3v) is 1.04. The van der Waals surface area contributed by atoms with Crippen LogP contribution < -0.4 is 0 Å². The van der Waals surface area contributed by atoms with Gasteiger partial charge in [0.15, 0.2) is 0 Å². The van der Waals surface area contributed by atoms with Crippen molar-refractivity contribution in [2.45, 2.75) is 20.1 Å². The van der Waals surface area contributed by atoms with E-state index in [1.54, 1.807) is 7.05 Å². The summed E-state index contributed by atoms with van der Waals surface area (Å²) >= 11 is 0. The maximum absolute atomic E-state index is 5.21. The maximum Gasteiger partial charge on any atom is 0.139 e. The van der Waals surface area contributed by atoms with Gasteiger partial charge < -0.3 is 14.8 Å². The van der Waals surface area contributed by atoms with Crippen molar-refractivity contribution >= 4 is 0 Å². The number of ether oxygens (including phenoxy) is 2. The van der Waals surface area contributed by atoms with Gasteiger partial charge in [-0.05, 0) is 13.8 Å². The predicted molar refractivity (Wildman–Crippen MR) is 41.2 cm³/mol. The van der Waals surface area contributed by atoms with Crippen LogP contribution in [0.2, 0.25) is 0 Å². The summed E-state index contributed by atoms with van der Waals surface area (Å²) in [5, 5.41) is 3.92. The van der Waals surface area contributed by atoms with Crippen LogP contribution in [0, 0.1) is 0 Å². The molecule has 0 atom stereocenters. The lowest BCUT2D eigenvalue weighted by Gasteiger charge is -2.22. The average molecular weight is 146 g/mol.